The number of hydrogen-bond acceptors (Lipinski definition) is 5. The number of benzene rings is 1. The maximum Gasteiger partial charge on any atom is 0.230 e. The van der Waals surface area contributed by atoms with Gasteiger partial charge in [-0.25, -0.2) is 9.97 Å². The SMILES string of the molecule is CCNc1nc(SCC(=O)N[C@@H](C)C2CC2)nc2ccccc12. The van der Waals surface area contributed by atoms with Crippen LogP contribution in [-0.4, -0.2) is 34.2 Å². The van der Waals surface area contributed by atoms with Crippen LogP contribution in [0.15, 0.2) is 29.4 Å². The molecule has 5 nitrogen and oxygen atoms in total. The molecular formula is C17H22N4OS. The zero-order chi connectivity index (χ0) is 16.2. The minimum absolute atomic E-state index is 0.0520. The highest BCUT2D eigenvalue weighted by molar-refractivity contribution is 7.99. The molecule has 0 bridgehead atoms. The molecule has 1 aromatic heterocycles. The van der Waals surface area contributed by atoms with E-state index in [9.17, 15) is 4.79 Å². The molecule has 1 amide bonds. The van der Waals surface area contributed by atoms with Gasteiger partial charge in [0, 0.05) is 18.0 Å². The van der Waals surface area contributed by atoms with Crippen LogP contribution in [0.4, 0.5) is 5.82 Å². The van der Waals surface area contributed by atoms with Gasteiger partial charge in [-0.3, -0.25) is 4.79 Å². The van der Waals surface area contributed by atoms with Crippen molar-refractivity contribution in [2.75, 3.05) is 17.6 Å². The topological polar surface area (TPSA) is 66.9 Å². The third kappa shape index (κ3) is 4.13. The first kappa shape index (κ1) is 16.1. The van der Waals surface area contributed by atoms with Crippen LogP contribution < -0.4 is 10.6 Å². The summed E-state index contributed by atoms with van der Waals surface area (Å²) in [6.07, 6.45) is 2.46. The molecule has 122 valence electrons. The fraction of sp³-hybridized carbons (Fsp3) is 0.471. The van der Waals surface area contributed by atoms with Crippen LogP contribution in [0.5, 0.6) is 0 Å². The van der Waals surface area contributed by atoms with E-state index < -0.39 is 0 Å². The average Bonchev–Trinajstić information content (AvgIpc) is 3.38. The highest BCUT2D eigenvalue weighted by Crippen LogP contribution is 2.32. The van der Waals surface area contributed by atoms with E-state index in [1.54, 1.807) is 0 Å². The van der Waals surface area contributed by atoms with Crippen molar-refractivity contribution in [3.63, 3.8) is 0 Å². The number of aromatic nitrogens is 2. The fourth-order valence-electron chi connectivity index (χ4n) is 2.56. The van der Waals surface area contributed by atoms with Crippen molar-refractivity contribution in [3.8, 4) is 0 Å². The lowest BCUT2D eigenvalue weighted by atomic mass is 10.2. The Labute approximate surface area is 140 Å². The molecule has 1 aliphatic carbocycles. The first-order valence-corrected chi connectivity index (χ1v) is 9.08. The molecule has 2 aromatic rings. The Hall–Kier alpha value is -1.82. The lowest BCUT2D eigenvalue weighted by Crippen LogP contribution is -2.35. The summed E-state index contributed by atoms with van der Waals surface area (Å²) in [5.74, 6) is 1.89. The lowest BCUT2D eigenvalue weighted by Gasteiger charge is -2.12. The summed E-state index contributed by atoms with van der Waals surface area (Å²) in [6, 6.07) is 8.19. The lowest BCUT2D eigenvalue weighted by molar-refractivity contribution is -0.119. The van der Waals surface area contributed by atoms with Crippen LogP contribution in [0.2, 0.25) is 0 Å². The maximum absolute atomic E-state index is 12.0. The number of fused-ring (bicyclic) bond motifs is 1. The number of rotatable bonds is 7. The van der Waals surface area contributed by atoms with E-state index in [4.69, 9.17) is 0 Å². The quantitative estimate of drug-likeness (QED) is 0.603. The Balaban J connectivity index is 1.68. The van der Waals surface area contributed by atoms with Gasteiger partial charge in [-0.2, -0.15) is 0 Å². The Morgan fingerprint density at radius 1 is 1.35 bits per heavy atom. The van der Waals surface area contributed by atoms with Gasteiger partial charge in [0.15, 0.2) is 5.16 Å². The first-order valence-electron chi connectivity index (χ1n) is 8.10. The normalized spacial score (nSPS) is 15.4. The van der Waals surface area contributed by atoms with Crippen molar-refractivity contribution >= 4 is 34.4 Å². The molecule has 0 spiro atoms. The zero-order valence-corrected chi connectivity index (χ0v) is 14.3. The second-order valence-corrected chi connectivity index (χ2v) is 6.83. The van der Waals surface area contributed by atoms with Crippen LogP contribution >= 0.6 is 11.8 Å². The summed E-state index contributed by atoms with van der Waals surface area (Å²) in [4.78, 5) is 21.1. The predicted molar refractivity (Wildman–Crippen MR) is 94.8 cm³/mol. The third-order valence-electron chi connectivity index (χ3n) is 3.98. The molecule has 1 aromatic carbocycles. The average molecular weight is 330 g/mol. The van der Waals surface area contributed by atoms with Crippen LogP contribution in [0.3, 0.4) is 0 Å². The first-order chi connectivity index (χ1) is 11.2. The summed E-state index contributed by atoms with van der Waals surface area (Å²) >= 11 is 1.38. The van der Waals surface area contributed by atoms with E-state index in [2.05, 4.69) is 27.5 Å². The van der Waals surface area contributed by atoms with Gasteiger partial charge < -0.3 is 10.6 Å². The molecule has 0 unspecified atom stereocenters. The largest absolute Gasteiger partial charge is 0.370 e. The Kier molecular flexibility index (Phi) is 5.00. The molecule has 0 aliphatic heterocycles. The van der Waals surface area contributed by atoms with Gasteiger partial charge in [0.2, 0.25) is 5.91 Å². The van der Waals surface area contributed by atoms with Gasteiger partial charge in [-0.1, -0.05) is 23.9 Å². The van der Waals surface area contributed by atoms with E-state index >= 15 is 0 Å². The summed E-state index contributed by atoms with van der Waals surface area (Å²) in [5, 5.41) is 7.97. The number of amides is 1. The monoisotopic (exact) mass is 330 g/mol. The zero-order valence-electron chi connectivity index (χ0n) is 13.5. The van der Waals surface area contributed by atoms with Crippen molar-refractivity contribution < 1.29 is 4.79 Å². The van der Waals surface area contributed by atoms with E-state index in [-0.39, 0.29) is 11.9 Å². The Morgan fingerprint density at radius 3 is 2.87 bits per heavy atom. The number of carbonyl (C=O) groups excluding carboxylic acids is 1. The number of nitrogens with one attached hydrogen (secondary N) is 2. The van der Waals surface area contributed by atoms with Gasteiger partial charge >= 0.3 is 0 Å². The van der Waals surface area contributed by atoms with Crippen molar-refractivity contribution in [1.82, 2.24) is 15.3 Å². The molecule has 23 heavy (non-hydrogen) atoms. The molecule has 2 N–H and O–H groups in total. The minimum Gasteiger partial charge on any atom is -0.370 e. The molecule has 0 saturated heterocycles. The summed E-state index contributed by atoms with van der Waals surface area (Å²) in [7, 11) is 0. The highest BCUT2D eigenvalue weighted by atomic mass is 32.2. The summed E-state index contributed by atoms with van der Waals surface area (Å²) in [5.41, 5.74) is 0.896. The van der Waals surface area contributed by atoms with E-state index in [0.29, 0.717) is 16.8 Å². The Morgan fingerprint density at radius 2 is 2.13 bits per heavy atom. The highest BCUT2D eigenvalue weighted by Gasteiger charge is 2.28. The number of thioether (sulfide) groups is 1. The molecule has 6 heteroatoms. The van der Waals surface area contributed by atoms with Gasteiger partial charge in [0.1, 0.15) is 5.82 Å². The summed E-state index contributed by atoms with van der Waals surface area (Å²) in [6.45, 7) is 4.91. The third-order valence-corrected chi connectivity index (χ3v) is 4.82. The number of carbonyl (C=O) groups is 1. The standard InChI is InChI=1S/C17H22N4OS/c1-3-18-16-13-6-4-5-7-14(13)20-17(21-16)23-10-15(22)19-11(2)12-8-9-12/h4-7,11-12H,3,8-10H2,1-2H3,(H,19,22)(H,18,20,21)/t11-/m0/s1. The molecule has 1 fully saturated rings. The van der Waals surface area contributed by atoms with Crippen molar-refractivity contribution in [1.29, 1.82) is 0 Å². The molecule has 1 aliphatic rings. The predicted octanol–water partition coefficient (Wildman–Crippen LogP) is 3.07. The van der Waals surface area contributed by atoms with E-state index in [1.807, 2.05) is 31.2 Å². The van der Waals surface area contributed by atoms with E-state index in [1.165, 1.54) is 24.6 Å². The number of hydrogen-bond donors (Lipinski definition) is 2. The van der Waals surface area contributed by atoms with Crippen LogP contribution in [0.1, 0.15) is 26.7 Å². The van der Waals surface area contributed by atoms with Crippen molar-refractivity contribution in [2.45, 2.75) is 37.9 Å². The Bertz CT molecular complexity index is 702. The molecular weight excluding hydrogens is 308 g/mol. The van der Waals surface area contributed by atoms with Gasteiger partial charge in [-0.15, -0.1) is 0 Å². The number of nitrogens with zero attached hydrogens (tertiary/aromatic N) is 2. The molecule has 1 heterocycles. The van der Waals surface area contributed by atoms with Gasteiger partial charge in [0.25, 0.3) is 0 Å². The van der Waals surface area contributed by atoms with Crippen molar-refractivity contribution in [2.24, 2.45) is 5.92 Å². The molecule has 3 rings (SSSR count). The molecule has 0 radical (unpaired) electrons. The summed E-state index contributed by atoms with van der Waals surface area (Å²) < 4.78 is 0. The van der Waals surface area contributed by atoms with Crippen LogP contribution in [0, 0.1) is 5.92 Å². The fourth-order valence-corrected chi connectivity index (χ4v) is 3.22. The smallest absolute Gasteiger partial charge is 0.230 e. The molecule has 1 atom stereocenters. The second-order valence-electron chi connectivity index (χ2n) is 5.88. The van der Waals surface area contributed by atoms with E-state index in [0.717, 1.165) is 23.3 Å². The minimum atomic E-state index is 0.0520. The molecule has 1 saturated carbocycles. The second kappa shape index (κ2) is 7.17. The van der Waals surface area contributed by atoms with Crippen LogP contribution in [-0.2, 0) is 4.79 Å². The van der Waals surface area contributed by atoms with Crippen LogP contribution in [0.25, 0.3) is 10.9 Å². The number of para-hydroxylation sites is 1. The number of anilines is 1. The van der Waals surface area contributed by atoms with Gasteiger partial charge in [-0.05, 0) is 44.7 Å². The van der Waals surface area contributed by atoms with Crippen molar-refractivity contribution in [3.05, 3.63) is 24.3 Å². The van der Waals surface area contributed by atoms with Gasteiger partial charge in [0.05, 0.1) is 11.3 Å². The maximum atomic E-state index is 12.0.